The van der Waals surface area contributed by atoms with Crippen LogP contribution in [0.5, 0.6) is 0 Å². The van der Waals surface area contributed by atoms with Crippen LogP contribution in [0.3, 0.4) is 0 Å². The fourth-order valence-electron chi connectivity index (χ4n) is 2.70. The molecule has 2 aromatic heterocycles. The zero-order valence-electron chi connectivity index (χ0n) is 12.4. The number of aryl methyl sites for hydroxylation is 1. The predicted octanol–water partition coefficient (Wildman–Crippen LogP) is 1.25. The second-order valence-corrected chi connectivity index (χ2v) is 5.47. The number of rotatable bonds is 3. The van der Waals surface area contributed by atoms with Crippen LogP contribution >= 0.6 is 0 Å². The molecule has 1 aliphatic rings. The maximum Gasteiger partial charge on any atom is 0.244 e. The molecule has 1 amide bonds. The van der Waals surface area contributed by atoms with Crippen LogP contribution in [0.1, 0.15) is 32.0 Å². The molecule has 1 saturated heterocycles. The molecular formula is C14H20N6O. The Balaban J connectivity index is 1.76. The smallest absolute Gasteiger partial charge is 0.244 e. The van der Waals surface area contributed by atoms with Gasteiger partial charge in [0.1, 0.15) is 11.9 Å². The number of hydrogen-bond donors (Lipinski definition) is 1. The van der Waals surface area contributed by atoms with Crippen molar-refractivity contribution < 1.29 is 4.79 Å². The molecule has 21 heavy (non-hydrogen) atoms. The molecule has 0 spiro atoms. The van der Waals surface area contributed by atoms with Crippen LogP contribution in [0.4, 0.5) is 5.82 Å². The third-order valence-electron chi connectivity index (χ3n) is 3.89. The van der Waals surface area contributed by atoms with Gasteiger partial charge in [0.2, 0.25) is 11.6 Å². The van der Waals surface area contributed by atoms with Gasteiger partial charge in [-0.2, -0.15) is 0 Å². The summed E-state index contributed by atoms with van der Waals surface area (Å²) in [5.74, 6) is 1.51. The Kier molecular flexibility index (Phi) is 3.72. The second-order valence-electron chi connectivity index (χ2n) is 5.47. The highest BCUT2D eigenvalue weighted by molar-refractivity contribution is 5.85. The Hall–Kier alpha value is -2.18. The minimum Gasteiger partial charge on any atom is -0.355 e. The first-order valence-electron chi connectivity index (χ1n) is 7.38. The highest BCUT2D eigenvalue weighted by Crippen LogP contribution is 2.15. The molecule has 1 atom stereocenters. The quantitative estimate of drug-likeness (QED) is 0.920. The van der Waals surface area contributed by atoms with Crippen molar-refractivity contribution in [2.45, 2.75) is 39.2 Å². The number of anilines is 1. The molecule has 0 aliphatic carbocycles. The van der Waals surface area contributed by atoms with Crippen molar-refractivity contribution in [3.8, 4) is 0 Å². The van der Waals surface area contributed by atoms with Gasteiger partial charge in [0.25, 0.3) is 0 Å². The first kappa shape index (κ1) is 13.8. The molecular weight excluding hydrogens is 268 g/mol. The maximum absolute atomic E-state index is 12.4. The lowest BCUT2D eigenvalue weighted by Crippen LogP contribution is -2.44. The van der Waals surface area contributed by atoms with E-state index in [2.05, 4.69) is 20.5 Å². The van der Waals surface area contributed by atoms with E-state index in [1.807, 2.05) is 29.3 Å². The van der Waals surface area contributed by atoms with Gasteiger partial charge in [-0.15, -0.1) is 10.2 Å². The molecule has 3 rings (SSSR count). The van der Waals surface area contributed by atoms with Gasteiger partial charge >= 0.3 is 0 Å². The summed E-state index contributed by atoms with van der Waals surface area (Å²) in [5, 5.41) is 11.3. The minimum absolute atomic E-state index is 0.120. The summed E-state index contributed by atoms with van der Waals surface area (Å²) in [4.78, 5) is 18.6. The van der Waals surface area contributed by atoms with Gasteiger partial charge in [0.15, 0.2) is 5.82 Å². The van der Waals surface area contributed by atoms with Crippen molar-refractivity contribution >= 4 is 17.4 Å². The zero-order chi connectivity index (χ0) is 14.8. The average Bonchev–Trinajstić information content (AvgIpc) is 2.90. The molecule has 0 radical (unpaired) electrons. The number of aromatic nitrogens is 4. The monoisotopic (exact) mass is 288 g/mol. The van der Waals surface area contributed by atoms with Crippen molar-refractivity contribution in [1.29, 1.82) is 0 Å². The maximum atomic E-state index is 12.4. The molecule has 0 bridgehead atoms. The van der Waals surface area contributed by atoms with Crippen LogP contribution in [-0.2, 0) is 4.79 Å². The number of carbonyl (C=O) groups is 1. The van der Waals surface area contributed by atoms with E-state index in [0.717, 1.165) is 31.8 Å². The van der Waals surface area contributed by atoms with Crippen LogP contribution in [0.15, 0.2) is 12.4 Å². The summed E-state index contributed by atoms with van der Waals surface area (Å²) in [5.41, 5.74) is 0.647. The van der Waals surface area contributed by atoms with Crippen molar-refractivity contribution in [3.05, 3.63) is 18.2 Å². The van der Waals surface area contributed by atoms with Crippen molar-refractivity contribution in [1.82, 2.24) is 24.5 Å². The van der Waals surface area contributed by atoms with Gasteiger partial charge in [-0.1, -0.05) is 0 Å². The van der Waals surface area contributed by atoms with Crippen molar-refractivity contribution in [2.75, 3.05) is 18.4 Å². The lowest BCUT2D eigenvalue weighted by atomic mass is 10.1. The van der Waals surface area contributed by atoms with Crippen LogP contribution in [0.25, 0.3) is 5.65 Å². The summed E-state index contributed by atoms with van der Waals surface area (Å²) < 4.78 is 1.85. The van der Waals surface area contributed by atoms with Crippen LogP contribution in [0.2, 0.25) is 0 Å². The number of hydrogen-bond acceptors (Lipinski definition) is 5. The summed E-state index contributed by atoms with van der Waals surface area (Å²) in [6.07, 6.45) is 6.90. The Labute approximate surface area is 123 Å². The van der Waals surface area contributed by atoms with Gasteiger partial charge in [-0.25, -0.2) is 4.98 Å². The van der Waals surface area contributed by atoms with E-state index in [9.17, 15) is 4.79 Å². The van der Waals surface area contributed by atoms with E-state index in [1.54, 1.807) is 6.20 Å². The number of likely N-dealkylation sites (tertiary alicyclic amines) is 1. The summed E-state index contributed by atoms with van der Waals surface area (Å²) >= 11 is 0. The Morgan fingerprint density at radius 1 is 1.29 bits per heavy atom. The van der Waals surface area contributed by atoms with Crippen LogP contribution in [-0.4, -0.2) is 49.5 Å². The number of fused-ring (bicyclic) bond motifs is 1. The molecule has 1 N–H and O–H groups in total. The average molecular weight is 288 g/mol. The van der Waals surface area contributed by atoms with E-state index in [-0.39, 0.29) is 11.9 Å². The van der Waals surface area contributed by atoms with Crippen molar-refractivity contribution in [2.24, 2.45) is 0 Å². The fraction of sp³-hybridized carbons (Fsp3) is 0.571. The topological polar surface area (TPSA) is 75.4 Å². The minimum atomic E-state index is -0.321. The fourth-order valence-corrected chi connectivity index (χ4v) is 2.70. The third-order valence-corrected chi connectivity index (χ3v) is 3.89. The first-order valence-corrected chi connectivity index (χ1v) is 7.38. The van der Waals surface area contributed by atoms with Crippen molar-refractivity contribution in [3.63, 3.8) is 0 Å². The SMILES string of the molecule is Cc1nnc2c(NC(C)C(=O)N3CCCCC3)nccn12. The molecule has 1 fully saturated rings. The predicted molar refractivity (Wildman–Crippen MR) is 79.0 cm³/mol. The normalized spacial score (nSPS) is 17.0. The molecule has 3 heterocycles. The summed E-state index contributed by atoms with van der Waals surface area (Å²) in [7, 11) is 0. The largest absolute Gasteiger partial charge is 0.355 e. The third kappa shape index (κ3) is 2.68. The number of nitrogens with one attached hydrogen (secondary N) is 1. The zero-order valence-corrected chi connectivity index (χ0v) is 12.4. The molecule has 7 nitrogen and oxygen atoms in total. The Morgan fingerprint density at radius 2 is 2.05 bits per heavy atom. The Morgan fingerprint density at radius 3 is 2.81 bits per heavy atom. The van der Waals surface area contributed by atoms with Gasteiger partial charge in [-0.3, -0.25) is 9.20 Å². The summed E-state index contributed by atoms with van der Waals surface area (Å²) in [6.45, 7) is 5.45. The van der Waals surface area contributed by atoms with E-state index in [1.165, 1.54) is 6.42 Å². The summed E-state index contributed by atoms with van der Waals surface area (Å²) in [6, 6.07) is -0.321. The van der Waals surface area contributed by atoms with E-state index >= 15 is 0 Å². The molecule has 1 aliphatic heterocycles. The lowest BCUT2D eigenvalue weighted by molar-refractivity contribution is -0.132. The second kappa shape index (κ2) is 5.67. The molecule has 7 heteroatoms. The first-order chi connectivity index (χ1) is 10.2. The number of nitrogens with zero attached hydrogens (tertiary/aromatic N) is 5. The molecule has 0 saturated carbocycles. The van der Waals surface area contributed by atoms with E-state index in [4.69, 9.17) is 0 Å². The number of amides is 1. The van der Waals surface area contributed by atoms with E-state index in [0.29, 0.717) is 11.5 Å². The Bertz CT molecular complexity index is 646. The van der Waals surface area contributed by atoms with Gasteiger partial charge in [0.05, 0.1) is 0 Å². The highest BCUT2D eigenvalue weighted by atomic mass is 16.2. The lowest BCUT2D eigenvalue weighted by Gasteiger charge is -2.29. The van der Waals surface area contributed by atoms with E-state index < -0.39 is 0 Å². The molecule has 0 aromatic carbocycles. The number of carbonyl (C=O) groups excluding carboxylic acids is 1. The standard InChI is InChI=1S/C14H20N6O/c1-10(14(21)19-7-4-3-5-8-19)16-12-13-18-17-11(2)20(13)9-6-15-12/h6,9-10H,3-5,7-8H2,1-2H3,(H,15,16). The van der Waals surface area contributed by atoms with Gasteiger partial charge < -0.3 is 10.2 Å². The van der Waals surface area contributed by atoms with Gasteiger partial charge in [0, 0.05) is 25.5 Å². The number of piperidine rings is 1. The molecule has 112 valence electrons. The van der Waals surface area contributed by atoms with Crippen LogP contribution in [0, 0.1) is 6.92 Å². The van der Waals surface area contributed by atoms with Gasteiger partial charge in [-0.05, 0) is 33.1 Å². The highest BCUT2D eigenvalue weighted by Gasteiger charge is 2.23. The molecule has 1 unspecified atom stereocenters. The van der Waals surface area contributed by atoms with Crippen LogP contribution < -0.4 is 5.32 Å². The molecule has 2 aromatic rings.